The van der Waals surface area contributed by atoms with E-state index >= 15 is 0 Å². The van der Waals surface area contributed by atoms with Gasteiger partial charge in [-0.25, -0.2) is 0 Å². The zero-order valence-electron chi connectivity index (χ0n) is 10.6. The molecule has 0 amide bonds. The van der Waals surface area contributed by atoms with Crippen molar-refractivity contribution in [3.8, 4) is 6.07 Å². The molecule has 0 unspecified atom stereocenters. The van der Waals surface area contributed by atoms with Gasteiger partial charge in [0, 0.05) is 5.39 Å². The summed E-state index contributed by atoms with van der Waals surface area (Å²) in [7, 11) is -3.93. The molecule has 3 aromatic rings. The highest BCUT2D eigenvalue weighted by atomic mass is 79.9. The van der Waals surface area contributed by atoms with Crippen LogP contribution >= 0.6 is 15.9 Å². The van der Waals surface area contributed by atoms with Crippen LogP contribution in [0.5, 0.6) is 0 Å². The lowest BCUT2D eigenvalue weighted by Crippen LogP contribution is -2.15. The van der Waals surface area contributed by atoms with Crippen LogP contribution in [0.3, 0.4) is 0 Å². The molecular formula is C14H8BrN3O2S. The van der Waals surface area contributed by atoms with Gasteiger partial charge in [-0.1, -0.05) is 24.3 Å². The van der Waals surface area contributed by atoms with Gasteiger partial charge < -0.3 is 0 Å². The maximum atomic E-state index is 12.8. The number of hydrogen-bond donors (Lipinski definition) is 0. The number of hydrogen-bond acceptors (Lipinski definition) is 4. The van der Waals surface area contributed by atoms with Crippen LogP contribution in [0.4, 0.5) is 0 Å². The molecule has 1 heterocycles. The van der Waals surface area contributed by atoms with E-state index in [1.54, 1.807) is 36.4 Å². The lowest BCUT2D eigenvalue weighted by molar-refractivity contribution is 0.581. The molecule has 0 spiro atoms. The van der Waals surface area contributed by atoms with Crippen LogP contribution in [0.15, 0.2) is 58.0 Å². The van der Waals surface area contributed by atoms with Gasteiger partial charge in [0.15, 0.2) is 0 Å². The van der Waals surface area contributed by atoms with Crippen LogP contribution in [-0.2, 0) is 10.0 Å². The molecule has 0 saturated heterocycles. The zero-order valence-corrected chi connectivity index (χ0v) is 13.0. The van der Waals surface area contributed by atoms with E-state index in [1.165, 1.54) is 12.1 Å². The molecule has 104 valence electrons. The first-order chi connectivity index (χ1) is 10.1. The van der Waals surface area contributed by atoms with E-state index in [4.69, 9.17) is 5.26 Å². The summed E-state index contributed by atoms with van der Waals surface area (Å²) >= 11 is 3.26. The lowest BCUT2D eigenvalue weighted by atomic mass is 10.2. The van der Waals surface area contributed by atoms with Crippen molar-refractivity contribution in [3.05, 3.63) is 58.7 Å². The van der Waals surface area contributed by atoms with E-state index in [0.29, 0.717) is 15.5 Å². The molecule has 7 heteroatoms. The quantitative estimate of drug-likeness (QED) is 0.703. The summed E-state index contributed by atoms with van der Waals surface area (Å²) in [6, 6.07) is 14.9. The predicted octanol–water partition coefficient (Wildman–Crippen LogP) is 2.91. The molecule has 0 radical (unpaired) electrons. The van der Waals surface area contributed by atoms with Gasteiger partial charge in [0.2, 0.25) is 0 Å². The van der Waals surface area contributed by atoms with Gasteiger partial charge in [-0.15, -0.1) is 5.10 Å². The van der Waals surface area contributed by atoms with Gasteiger partial charge >= 0.3 is 0 Å². The number of aromatic nitrogens is 2. The fourth-order valence-electron chi connectivity index (χ4n) is 2.06. The first kappa shape index (κ1) is 13.8. The van der Waals surface area contributed by atoms with E-state index in [2.05, 4.69) is 21.0 Å². The Balaban J connectivity index is 2.34. The molecule has 0 saturated carbocycles. The van der Waals surface area contributed by atoms with Gasteiger partial charge in [0.1, 0.15) is 15.6 Å². The van der Waals surface area contributed by atoms with Gasteiger partial charge in [0.05, 0.1) is 11.1 Å². The summed E-state index contributed by atoms with van der Waals surface area (Å²) in [6.45, 7) is 0. The fourth-order valence-corrected chi connectivity index (χ4v) is 4.10. The highest BCUT2D eigenvalue weighted by Crippen LogP contribution is 2.27. The van der Waals surface area contributed by atoms with Crippen molar-refractivity contribution in [2.75, 3.05) is 0 Å². The standard InChI is InChI=1S/C14H8BrN3O2S/c15-14-11-6-2-3-7-12(11)18(17-14)21(19,20)13-8-4-1-5-10(13)9-16/h1-8H. The molecule has 5 nitrogen and oxygen atoms in total. The van der Waals surface area contributed by atoms with Crippen LogP contribution in [-0.4, -0.2) is 17.6 Å². The minimum Gasteiger partial charge on any atom is -0.199 e. The Morgan fingerprint density at radius 2 is 1.76 bits per heavy atom. The van der Waals surface area contributed by atoms with Crippen LogP contribution in [0.25, 0.3) is 10.9 Å². The van der Waals surface area contributed by atoms with Crippen molar-refractivity contribution < 1.29 is 8.42 Å². The Bertz CT molecular complexity index is 987. The van der Waals surface area contributed by atoms with Gasteiger partial charge in [-0.05, 0) is 40.2 Å². The summed E-state index contributed by atoms with van der Waals surface area (Å²) in [5, 5.41) is 13.8. The predicted molar refractivity (Wildman–Crippen MR) is 81.2 cm³/mol. The van der Waals surface area contributed by atoms with E-state index in [-0.39, 0.29) is 10.5 Å². The van der Waals surface area contributed by atoms with Gasteiger partial charge in [-0.2, -0.15) is 17.8 Å². The van der Waals surface area contributed by atoms with E-state index in [1.807, 2.05) is 6.07 Å². The second-order valence-corrected chi connectivity index (χ2v) is 6.75. The van der Waals surface area contributed by atoms with Gasteiger partial charge in [0.25, 0.3) is 10.0 Å². The average Bonchev–Trinajstić information content (AvgIpc) is 2.85. The zero-order chi connectivity index (χ0) is 15.0. The second-order valence-electron chi connectivity index (χ2n) is 4.26. The Labute approximate surface area is 129 Å². The summed E-state index contributed by atoms with van der Waals surface area (Å²) in [5.41, 5.74) is 0.547. The van der Waals surface area contributed by atoms with Gasteiger partial charge in [-0.3, -0.25) is 0 Å². The number of rotatable bonds is 2. The summed E-state index contributed by atoms with van der Waals surface area (Å²) in [4.78, 5) is -0.0618. The smallest absolute Gasteiger partial charge is 0.199 e. The maximum Gasteiger partial charge on any atom is 0.284 e. The molecule has 0 aliphatic rings. The third-order valence-electron chi connectivity index (χ3n) is 3.02. The van der Waals surface area contributed by atoms with Crippen LogP contribution in [0.2, 0.25) is 0 Å². The van der Waals surface area contributed by atoms with E-state index in [0.717, 1.165) is 4.09 Å². The van der Waals surface area contributed by atoms with E-state index in [9.17, 15) is 8.42 Å². The van der Waals surface area contributed by atoms with Crippen molar-refractivity contribution in [3.63, 3.8) is 0 Å². The minimum atomic E-state index is -3.93. The largest absolute Gasteiger partial charge is 0.284 e. The SMILES string of the molecule is N#Cc1ccccc1S(=O)(=O)n1nc(Br)c2ccccc21. The number of para-hydroxylation sites is 1. The number of halogens is 1. The second kappa shape index (κ2) is 4.98. The Kier molecular flexibility index (Phi) is 3.27. The molecule has 21 heavy (non-hydrogen) atoms. The van der Waals surface area contributed by atoms with Crippen LogP contribution in [0.1, 0.15) is 5.56 Å². The summed E-state index contributed by atoms with van der Waals surface area (Å²) in [5.74, 6) is 0. The number of fused-ring (bicyclic) bond motifs is 1. The van der Waals surface area contributed by atoms with Crippen LogP contribution in [0, 0.1) is 11.3 Å². The number of nitrogens with zero attached hydrogens (tertiary/aromatic N) is 3. The van der Waals surface area contributed by atoms with Crippen molar-refractivity contribution in [2.45, 2.75) is 4.90 Å². The van der Waals surface area contributed by atoms with Crippen molar-refractivity contribution in [2.24, 2.45) is 0 Å². The summed E-state index contributed by atoms with van der Waals surface area (Å²) < 4.78 is 26.9. The molecule has 0 N–H and O–H groups in total. The molecule has 0 bridgehead atoms. The Hall–Kier alpha value is -2.17. The molecular weight excluding hydrogens is 354 g/mol. The fraction of sp³-hybridized carbons (Fsp3) is 0. The van der Waals surface area contributed by atoms with Crippen LogP contribution < -0.4 is 0 Å². The maximum absolute atomic E-state index is 12.8. The molecule has 0 aliphatic carbocycles. The number of nitriles is 1. The highest BCUT2D eigenvalue weighted by molar-refractivity contribution is 9.10. The van der Waals surface area contributed by atoms with E-state index < -0.39 is 10.0 Å². The molecule has 3 rings (SSSR count). The first-order valence-electron chi connectivity index (χ1n) is 5.93. The normalized spacial score (nSPS) is 11.4. The minimum absolute atomic E-state index is 0.0618. The molecule has 1 aromatic heterocycles. The first-order valence-corrected chi connectivity index (χ1v) is 8.17. The Morgan fingerprint density at radius 3 is 2.52 bits per heavy atom. The van der Waals surface area contributed by atoms with Crippen molar-refractivity contribution in [1.82, 2.24) is 9.19 Å². The topological polar surface area (TPSA) is 75.8 Å². The molecule has 2 aromatic carbocycles. The monoisotopic (exact) mass is 361 g/mol. The third kappa shape index (κ3) is 2.13. The molecule has 0 atom stereocenters. The van der Waals surface area contributed by atoms with Crippen molar-refractivity contribution >= 4 is 36.9 Å². The average molecular weight is 362 g/mol. The highest BCUT2D eigenvalue weighted by Gasteiger charge is 2.24. The lowest BCUT2D eigenvalue weighted by Gasteiger charge is -2.07. The summed E-state index contributed by atoms with van der Waals surface area (Å²) in [6.07, 6.45) is 0. The Morgan fingerprint density at radius 1 is 1.10 bits per heavy atom. The van der Waals surface area contributed by atoms with Crippen molar-refractivity contribution in [1.29, 1.82) is 5.26 Å². The molecule has 0 fully saturated rings. The third-order valence-corrected chi connectivity index (χ3v) is 5.26. The number of benzene rings is 2. The molecule has 0 aliphatic heterocycles.